The maximum Gasteiger partial charge on any atom is 0.270 e. The Kier molecular flexibility index (Phi) is 9.29. The first-order chi connectivity index (χ1) is 14.5. The number of anilines is 1. The molecule has 0 heterocycles. The van der Waals surface area contributed by atoms with Gasteiger partial charge in [-0.2, -0.15) is 0 Å². The van der Waals surface area contributed by atoms with Crippen LogP contribution in [0, 0.1) is 0 Å². The van der Waals surface area contributed by atoms with Crippen molar-refractivity contribution in [1.29, 1.82) is 0 Å². The van der Waals surface area contributed by atoms with Crippen LogP contribution in [-0.4, -0.2) is 22.5 Å². The smallest absolute Gasteiger partial charge is 0.270 e. The molecule has 0 fully saturated rings. The fourth-order valence-corrected chi connectivity index (χ4v) is 3.13. The fourth-order valence-electron chi connectivity index (χ4n) is 3.13. The first-order valence-electron chi connectivity index (χ1n) is 10.7. The molecular weight excluding hydrogens is 376 g/mol. The number of hydrogen-bond acceptors (Lipinski definition) is 3. The first-order valence-corrected chi connectivity index (χ1v) is 10.7. The highest BCUT2D eigenvalue weighted by molar-refractivity contribution is 6.05. The van der Waals surface area contributed by atoms with Crippen molar-refractivity contribution in [3.05, 3.63) is 72.3 Å². The van der Waals surface area contributed by atoms with Gasteiger partial charge in [-0.1, -0.05) is 88.1 Å². The normalized spacial score (nSPS) is 11.4. The van der Waals surface area contributed by atoms with Gasteiger partial charge in [-0.15, -0.1) is 0 Å². The molecule has 0 aromatic heterocycles. The summed E-state index contributed by atoms with van der Waals surface area (Å²) in [6.07, 6.45) is 7.08. The minimum absolute atomic E-state index is 0.367. The van der Waals surface area contributed by atoms with Crippen molar-refractivity contribution in [3.63, 3.8) is 0 Å². The number of nitrogens with zero attached hydrogens (tertiary/aromatic N) is 1. The van der Waals surface area contributed by atoms with E-state index in [0.717, 1.165) is 31.2 Å². The molecule has 0 saturated carbocycles. The minimum atomic E-state index is -1.50. The van der Waals surface area contributed by atoms with Gasteiger partial charge in [0.15, 0.2) is 0 Å². The molecule has 5 heteroatoms. The molecular formula is C25H32N2O3. The van der Waals surface area contributed by atoms with Gasteiger partial charge in [-0.25, -0.2) is 5.01 Å². The predicted molar refractivity (Wildman–Crippen MR) is 122 cm³/mol. The summed E-state index contributed by atoms with van der Waals surface area (Å²) < 4.78 is 0. The Labute approximate surface area is 179 Å². The van der Waals surface area contributed by atoms with Crippen LogP contribution >= 0.6 is 0 Å². The van der Waals surface area contributed by atoms with Gasteiger partial charge in [-0.3, -0.25) is 15.0 Å². The summed E-state index contributed by atoms with van der Waals surface area (Å²) in [6, 6.07) is 18.4. The van der Waals surface area contributed by atoms with E-state index < -0.39 is 17.4 Å². The zero-order valence-electron chi connectivity index (χ0n) is 17.9. The molecule has 2 amide bonds. The average molecular weight is 409 g/mol. The van der Waals surface area contributed by atoms with Crippen molar-refractivity contribution < 1.29 is 14.7 Å². The third-order valence-electron chi connectivity index (χ3n) is 4.98. The molecule has 0 radical (unpaired) electrons. The third kappa shape index (κ3) is 6.85. The lowest BCUT2D eigenvalue weighted by Gasteiger charge is -2.31. The number of amides is 2. The highest BCUT2D eigenvalue weighted by Crippen LogP contribution is 2.23. The van der Waals surface area contributed by atoms with Crippen molar-refractivity contribution in [3.8, 4) is 0 Å². The zero-order chi connectivity index (χ0) is 21.8. The quantitative estimate of drug-likeness (QED) is 0.435. The van der Waals surface area contributed by atoms with Gasteiger partial charge in [0.1, 0.15) is 5.60 Å². The molecule has 0 aliphatic heterocycles. The van der Waals surface area contributed by atoms with E-state index in [4.69, 9.17) is 0 Å². The van der Waals surface area contributed by atoms with E-state index >= 15 is 0 Å². The fraction of sp³-hybridized carbons (Fsp3) is 0.360. The maximum atomic E-state index is 13.1. The molecule has 2 aromatic rings. The lowest BCUT2D eigenvalue weighted by atomic mass is 9.90. The summed E-state index contributed by atoms with van der Waals surface area (Å²) in [6.45, 7) is 4.04. The van der Waals surface area contributed by atoms with Gasteiger partial charge < -0.3 is 5.11 Å². The van der Waals surface area contributed by atoms with Gasteiger partial charge in [0, 0.05) is 6.08 Å². The highest BCUT2D eigenvalue weighted by atomic mass is 16.3. The van der Waals surface area contributed by atoms with Crippen molar-refractivity contribution in [2.24, 2.45) is 0 Å². The van der Waals surface area contributed by atoms with Crippen LogP contribution < -0.4 is 10.4 Å². The number of rotatable bonds is 10. The second-order valence-electron chi connectivity index (χ2n) is 7.43. The Hall–Kier alpha value is -2.92. The molecule has 2 rings (SSSR count). The monoisotopic (exact) mass is 408 g/mol. The standard InChI is InChI=1S/C25H32N2O3/c1-3-5-19-25(30,20-6-4-2)24(29)26-27(22-15-11-8-12-16-22)23(28)18-17-21-13-9-7-10-14-21/h7-18,30H,3-6,19-20H2,1-2H3,(H,26,29). The predicted octanol–water partition coefficient (Wildman–Crippen LogP) is 4.88. The van der Waals surface area contributed by atoms with Gasteiger partial charge in [0.2, 0.25) is 0 Å². The van der Waals surface area contributed by atoms with Crippen molar-refractivity contribution in [2.75, 3.05) is 5.01 Å². The number of hydrogen-bond donors (Lipinski definition) is 2. The van der Waals surface area contributed by atoms with Gasteiger partial charge in [0.25, 0.3) is 11.8 Å². The summed E-state index contributed by atoms with van der Waals surface area (Å²) in [5.74, 6) is -0.943. The number of carbonyl (C=O) groups excluding carboxylic acids is 2. The molecule has 0 unspecified atom stereocenters. The van der Waals surface area contributed by atoms with Gasteiger partial charge in [0.05, 0.1) is 5.69 Å². The Bertz CT molecular complexity index is 811. The van der Waals surface area contributed by atoms with E-state index in [9.17, 15) is 14.7 Å². The topological polar surface area (TPSA) is 69.6 Å². The summed E-state index contributed by atoms with van der Waals surface area (Å²) >= 11 is 0. The molecule has 0 saturated heterocycles. The van der Waals surface area contributed by atoms with Crippen molar-refractivity contribution in [2.45, 2.75) is 58.0 Å². The van der Waals surface area contributed by atoms with Crippen molar-refractivity contribution in [1.82, 2.24) is 5.43 Å². The third-order valence-corrected chi connectivity index (χ3v) is 4.98. The van der Waals surface area contributed by atoms with Gasteiger partial charge >= 0.3 is 0 Å². The van der Waals surface area contributed by atoms with Crippen molar-refractivity contribution >= 4 is 23.6 Å². The Balaban J connectivity index is 2.25. The van der Waals surface area contributed by atoms with Crippen LogP contribution in [0.25, 0.3) is 6.08 Å². The number of nitrogens with one attached hydrogen (secondary N) is 1. The largest absolute Gasteiger partial charge is 0.380 e. The summed E-state index contributed by atoms with van der Waals surface area (Å²) in [7, 11) is 0. The second kappa shape index (κ2) is 11.9. The maximum absolute atomic E-state index is 13.1. The van der Waals surface area contributed by atoms with Crippen LogP contribution in [0.1, 0.15) is 57.9 Å². The molecule has 0 bridgehead atoms. The van der Waals surface area contributed by atoms with Crippen LogP contribution in [0.2, 0.25) is 0 Å². The molecule has 0 spiro atoms. The SMILES string of the molecule is CCCCC(O)(CCCC)C(=O)NN(C(=O)C=Cc1ccccc1)c1ccccc1. The summed E-state index contributed by atoms with van der Waals surface area (Å²) in [4.78, 5) is 26.0. The Morgan fingerprint density at radius 2 is 1.47 bits per heavy atom. The molecule has 5 nitrogen and oxygen atoms in total. The molecule has 0 atom stereocenters. The lowest BCUT2D eigenvalue weighted by molar-refractivity contribution is -0.142. The summed E-state index contributed by atoms with van der Waals surface area (Å²) in [5, 5.41) is 12.3. The first kappa shape index (κ1) is 23.4. The Morgan fingerprint density at radius 3 is 2.00 bits per heavy atom. The number of unbranched alkanes of at least 4 members (excludes halogenated alkanes) is 2. The molecule has 0 aliphatic rings. The minimum Gasteiger partial charge on any atom is -0.380 e. The lowest BCUT2D eigenvalue weighted by Crippen LogP contribution is -2.55. The Morgan fingerprint density at radius 1 is 0.933 bits per heavy atom. The zero-order valence-corrected chi connectivity index (χ0v) is 17.9. The van der Waals surface area contributed by atoms with E-state index in [-0.39, 0.29) is 0 Å². The van der Waals surface area contributed by atoms with E-state index in [2.05, 4.69) is 5.43 Å². The number of carbonyl (C=O) groups is 2. The average Bonchev–Trinajstić information content (AvgIpc) is 2.79. The summed E-state index contributed by atoms with van der Waals surface area (Å²) in [5.41, 5.74) is 2.59. The van der Waals surface area contributed by atoms with E-state index in [1.807, 2.05) is 50.2 Å². The molecule has 30 heavy (non-hydrogen) atoms. The number of hydrazine groups is 1. The highest BCUT2D eigenvalue weighted by Gasteiger charge is 2.36. The second-order valence-corrected chi connectivity index (χ2v) is 7.43. The number of benzene rings is 2. The number of para-hydroxylation sites is 1. The van der Waals surface area contributed by atoms with Crippen LogP contribution in [0.3, 0.4) is 0 Å². The van der Waals surface area contributed by atoms with Crippen LogP contribution in [0.4, 0.5) is 5.69 Å². The van der Waals surface area contributed by atoms with Crippen LogP contribution in [0.5, 0.6) is 0 Å². The molecule has 160 valence electrons. The van der Waals surface area contributed by atoms with E-state index in [1.54, 1.807) is 30.3 Å². The molecule has 2 aromatic carbocycles. The van der Waals surface area contributed by atoms with Gasteiger partial charge in [-0.05, 0) is 36.6 Å². The van der Waals surface area contributed by atoms with E-state index in [1.165, 1.54) is 11.1 Å². The van der Waals surface area contributed by atoms with E-state index in [0.29, 0.717) is 18.5 Å². The number of aliphatic hydroxyl groups is 1. The molecule has 0 aliphatic carbocycles. The van der Waals surface area contributed by atoms with Crippen LogP contribution in [-0.2, 0) is 9.59 Å². The van der Waals surface area contributed by atoms with Crippen LogP contribution in [0.15, 0.2) is 66.7 Å². The molecule has 2 N–H and O–H groups in total.